The van der Waals surface area contributed by atoms with Crippen molar-refractivity contribution in [3.05, 3.63) is 28.9 Å². The molecular weight excluding hydrogens is 206 g/mol. The van der Waals surface area contributed by atoms with E-state index >= 15 is 0 Å². The zero-order valence-electron chi connectivity index (χ0n) is 9.26. The van der Waals surface area contributed by atoms with Gasteiger partial charge in [0, 0.05) is 38.5 Å². The minimum Gasteiger partial charge on any atom is -0.377 e. The van der Waals surface area contributed by atoms with Crippen LogP contribution in [-0.4, -0.2) is 35.4 Å². The summed E-state index contributed by atoms with van der Waals surface area (Å²) in [5.74, 6) is 0. The third kappa shape index (κ3) is 3.15. The van der Waals surface area contributed by atoms with Crippen molar-refractivity contribution in [3.63, 3.8) is 0 Å². The normalized spacial score (nSPS) is 20.1. The van der Waals surface area contributed by atoms with E-state index in [2.05, 4.69) is 10.3 Å². The Bertz CT molecular complexity index is 371. The van der Waals surface area contributed by atoms with E-state index in [0.29, 0.717) is 12.6 Å². The SMILES string of the molecule is O=c1ccncn1CCNCC1CCCO1. The summed E-state index contributed by atoms with van der Waals surface area (Å²) in [5, 5.41) is 3.29. The van der Waals surface area contributed by atoms with E-state index in [1.165, 1.54) is 12.3 Å². The summed E-state index contributed by atoms with van der Waals surface area (Å²) in [6, 6.07) is 1.47. The molecule has 0 bridgehead atoms. The zero-order valence-corrected chi connectivity index (χ0v) is 9.26. The van der Waals surface area contributed by atoms with Gasteiger partial charge in [-0.05, 0) is 12.8 Å². The molecule has 1 aliphatic heterocycles. The topological polar surface area (TPSA) is 56.2 Å². The first-order valence-corrected chi connectivity index (χ1v) is 5.69. The lowest BCUT2D eigenvalue weighted by Crippen LogP contribution is -2.31. The van der Waals surface area contributed by atoms with Crippen LogP contribution in [0.15, 0.2) is 23.4 Å². The van der Waals surface area contributed by atoms with Crippen LogP contribution in [0.1, 0.15) is 12.8 Å². The van der Waals surface area contributed by atoms with E-state index in [0.717, 1.165) is 32.5 Å². The predicted molar refractivity (Wildman–Crippen MR) is 60.3 cm³/mol. The molecule has 1 aromatic rings. The minimum atomic E-state index is -0.00563. The summed E-state index contributed by atoms with van der Waals surface area (Å²) in [6.45, 7) is 3.17. The van der Waals surface area contributed by atoms with Crippen molar-refractivity contribution in [1.82, 2.24) is 14.9 Å². The molecule has 1 saturated heterocycles. The Morgan fingerprint density at radius 1 is 1.62 bits per heavy atom. The van der Waals surface area contributed by atoms with Crippen molar-refractivity contribution in [1.29, 1.82) is 0 Å². The Hall–Kier alpha value is -1.20. The summed E-state index contributed by atoms with van der Waals surface area (Å²) in [4.78, 5) is 15.3. The Kier molecular flexibility index (Phi) is 4.07. The van der Waals surface area contributed by atoms with Crippen LogP contribution in [0.4, 0.5) is 0 Å². The van der Waals surface area contributed by atoms with Crippen LogP contribution >= 0.6 is 0 Å². The third-order valence-electron chi connectivity index (χ3n) is 2.72. The number of ether oxygens (including phenoxy) is 1. The highest BCUT2D eigenvalue weighted by Gasteiger charge is 2.14. The molecule has 88 valence electrons. The molecule has 0 aliphatic carbocycles. The molecule has 5 nitrogen and oxygen atoms in total. The van der Waals surface area contributed by atoms with Gasteiger partial charge in [0.2, 0.25) is 0 Å². The van der Waals surface area contributed by atoms with Crippen molar-refractivity contribution in [3.8, 4) is 0 Å². The molecule has 0 aromatic carbocycles. The molecule has 5 heteroatoms. The Labute approximate surface area is 94.5 Å². The highest BCUT2D eigenvalue weighted by atomic mass is 16.5. The largest absolute Gasteiger partial charge is 0.377 e. The van der Waals surface area contributed by atoms with Gasteiger partial charge in [-0.3, -0.25) is 9.36 Å². The monoisotopic (exact) mass is 223 g/mol. The van der Waals surface area contributed by atoms with E-state index in [-0.39, 0.29) is 5.56 Å². The summed E-state index contributed by atoms with van der Waals surface area (Å²) < 4.78 is 7.09. The molecule has 2 rings (SSSR count). The lowest BCUT2D eigenvalue weighted by molar-refractivity contribution is 0.110. The van der Waals surface area contributed by atoms with E-state index in [1.807, 2.05) is 0 Å². The number of hydrogen-bond acceptors (Lipinski definition) is 4. The highest BCUT2D eigenvalue weighted by molar-refractivity contribution is 4.82. The molecule has 2 heterocycles. The summed E-state index contributed by atoms with van der Waals surface area (Å²) in [7, 11) is 0. The predicted octanol–water partition coefficient (Wildman–Crippen LogP) is 0.0119. The zero-order chi connectivity index (χ0) is 11.2. The molecule has 0 radical (unpaired) electrons. The molecule has 0 saturated carbocycles. The van der Waals surface area contributed by atoms with Crippen LogP contribution < -0.4 is 10.9 Å². The quantitative estimate of drug-likeness (QED) is 0.715. The summed E-state index contributed by atoms with van der Waals surface area (Å²) >= 11 is 0. The van der Waals surface area contributed by atoms with Crippen LogP contribution in [0.3, 0.4) is 0 Å². The standard InChI is InChI=1S/C11H17N3O2/c15-11-3-4-13-9-14(11)6-5-12-8-10-2-1-7-16-10/h3-4,9-10,12H,1-2,5-8H2. The average molecular weight is 223 g/mol. The Morgan fingerprint density at radius 3 is 3.31 bits per heavy atom. The second kappa shape index (κ2) is 5.77. The van der Waals surface area contributed by atoms with Crippen molar-refractivity contribution in [2.24, 2.45) is 0 Å². The van der Waals surface area contributed by atoms with Crippen molar-refractivity contribution in [2.75, 3.05) is 19.7 Å². The van der Waals surface area contributed by atoms with Gasteiger partial charge in [0.15, 0.2) is 0 Å². The average Bonchev–Trinajstić information content (AvgIpc) is 2.79. The fraction of sp³-hybridized carbons (Fsp3) is 0.636. The maximum Gasteiger partial charge on any atom is 0.253 e. The van der Waals surface area contributed by atoms with Crippen LogP contribution in [0.25, 0.3) is 0 Å². The molecule has 1 N–H and O–H groups in total. The fourth-order valence-electron chi connectivity index (χ4n) is 1.81. The van der Waals surface area contributed by atoms with E-state index in [4.69, 9.17) is 4.74 Å². The summed E-state index contributed by atoms with van der Waals surface area (Å²) in [5.41, 5.74) is -0.00563. The van der Waals surface area contributed by atoms with Gasteiger partial charge in [-0.25, -0.2) is 4.98 Å². The number of hydrogen-bond donors (Lipinski definition) is 1. The van der Waals surface area contributed by atoms with Crippen molar-refractivity contribution in [2.45, 2.75) is 25.5 Å². The smallest absolute Gasteiger partial charge is 0.253 e. The number of aromatic nitrogens is 2. The van der Waals surface area contributed by atoms with Crippen LogP contribution in [0, 0.1) is 0 Å². The molecule has 1 fully saturated rings. The van der Waals surface area contributed by atoms with Gasteiger partial charge in [0.05, 0.1) is 12.4 Å². The molecule has 1 atom stereocenters. The molecular formula is C11H17N3O2. The van der Waals surface area contributed by atoms with Crippen molar-refractivity contribution >= 4 is 0 Å². The van der Waals surface area contributed by atoms with Gasteiger partial charge in [0.25, 0.3) is 5.56 Å². The molecule has 1 unspecified atom stereocenters. The first kappa shape index (κ1) is 11.3. The van der Waals surface area contributed by atoms with Crippen LogP contribution in [0.5, 0.6) is 0 Å². The fourth-order valence-corrected chi connectivity index (χ4v) is 1.81. The number of rotatable bonds is 5. The molecule has 0 spiro atoms. The lowest BCUT2D eigenvalue weighted by atomic mass is 10.2. The third-order valence-corrected chi connectivity index (χ3v) is 2.72. The van der Waals surface area contributed by atoms with Crippen LogP contribution in [0.2, 0.25) is 0 Å². The first-order valence-electron chi connectivity index (χ1n) is 5.69. The van der Waals surface area contributed by atoms with E-state index < -0.39 is 0 Å². The van der Waals surface area contributed by atoms with Gasteiger partial charge < -0.3 is 10.1 Å². The Balaban J connectivity index is 1.68. The van der Waals surface area contributed by atoms with Gasteiger partial charge >= 0.3 is 0 Å². The molecule has 16 heavy (non-hydrogen) atoms. The van der Waals surface area contributed by atoms with Gasteiger partial charge in [-0.15, -0.1) is 0 Å². The highest BCUT2D eigenvalue weighted by Crippen LogP contribution is 2.10. The van der Waals surface area contributed by atoms with Crippen LogP contribution in [-0.2, 0) is 11.3 Å². The Morgan fingerprint density at radius 2 is 2.56 bits per heavy atom. The number of nitrogens with one attached hydrogen (secondary N) is 1. The maximum atomic E-state index is 11.3. The second-order valence-corrected chi connectivity index (χ2v) is 3.95. The van der Waals surface area contributed by atoms with Gasteiger partial charge in [0.1, 0.15) is 0 Å². The van der Waals surface area contributed by atoms with Gasteiger partial charge in [-0.1, -0.05) is 0 Å². The molecule has 1 aromatic heterocycles. The van der Waals surface area contributed by atoms with Gasteiger partial charge in [-0.2, -0.15) is 0 Å². The van der Waals surface area contributed by atoms with E-state index in [9.17, 15) is 4.79 Å². The maximum absolute atomic E-state index is 11.3. The molecule has 0 amide bonds. The molecule has 1 aliphatic rings. The number of nitrogens with zero attached hydrogens (tertiary/aromatic N) is 2. The van der Waals surface area contributed by atoms with Crippen molar-refractivity contribution < 1.29 is 4.74 Å². The second-order valence-electron chi connectivity index (χ2n) is 3.95. The van der Waals surface area contributed by atoms with E-state index in [1.54, 1.807) is 10.9 Å². The summed E-state index contributed by atoms with van der Waals surface area (Å²) in [6.07, 6.45) is 5.73. The first-order chi connectivity index (χ1) is 7.86. The minimum absolute atomic E-state index is 0.00563. The lowest BCUT2D eigenvalue weighted by Gasteiger charge is -2.11.